The maximum Gasteiger partial charge on any atom is 0.0407 e. The molecule has 1 aliphatic rings. The molecule has 82 valence electrons. The third kappa shape index (κ3) is 2.64. The molecule has 0 amide bonds. The highest BCUT2D eigenvalue weighted by atomic mass is 35.5. The molecular weight excluding hydrogens is 208 g/mol. The Kier molecular flexibility index (Phi) is 2.89. The summed E-state index contributed by atoms with van der Waals surface area (Å²) in [5.41, 5.74) is 7.33. The molecule has 1 saturated heterocycles. The minimum Gasteiger partial charge on any atom is -0.370 e. The quantitative estimate of drug-likeness (QED) is 0.795. The Morgan fingerprint density at radius 1 is 1.33 bits per heavy atom. The van der Waals surface area contributed by atoms with Crippen LogP contribution in [0.25, 0.3) is 0 Å². The largest absolute Gasteiger partial charge is 0.370 e. The summed E-state index contributed by atoms with van der Waals surface area (Å²) in [6.07, 6.45) is 2.27. The molecule has 2 rings (SSSR count). The van der Waals surface area contributed by atoms with E-state index in [1.54, 1.807) is 0 Å². The lowest BCUT2D eigenvalue weighted by Crippen LogP contribution is -2.52. The number of benzene rings is 1. The first-order chi connectivity index (χ1) is 7.07. The molecule has 2 N–H and O–H groups in total. The van der Waals surface area contributed by atoms with E-state index in [4.69, 9.17) is 17.3 Å². The average molecular weight is 225 g/mol. The summed E-state index contributed by atoms with van der Waals surface area (Å²) in [7, 11) is 0. The van der Waals surface area contributed by atoms with Gasteiger partial charge in [-0.1, -0.05) is 11.6 Å². The molecule has 0 aromatic heterocycles. The molecule has 1 aromatic rings. The Hall–Kier alpha value is -0.730. The summed E-state index contributed by atoms with van der Waals surface area (Å²) in [5.74, 6) is 0. The number of rotatable bonds is 1. The Morgan fingerprint density at radius 3 is 2.60 bits per heavy atom. The molecule has 0 spiro atoms. The Labute approximate surface area is 96.0 Å². The summed E-state index contributed by atoms with van der Waals surface area (Å²) >= 11 is 5.86. The van der Waals surface area contributed by atoms with E-state index in [-0.39, 0.29) is 5.54 Å². The van der Waals surface area contributed by atoms with Crippen molar-refractivity contribution in [2.75, 3.05) is 18.0 Å². The van der Waals surface area contributed by atoms with E-state index < -0.39 is 0 Å². The summed E-state index contributed by atoms with van der Waals surface area (Å²) in [5, 5.41) is 0.784. The van der Waals surface area contributed by atoms with Crippen LogP contribution in [0.5, 0.6) is 0 Å². The van der Waals surface area contributed by atoms with Crippen LogP contribution in [0.2, 0.25) is 5.02 Å². The van der Waals surface area contributed by atoms with Gasteiger partial charge in [0, 0.05) is 29.3 Å². The predicted octanol–water partition coefficient (Wildman–Crippen LogP) is 2.66. The zero-order valence-electron chi connectivity index (χ0n) is 9.04. The molecule has 1 unspecified atom stereocenters. The average Bonchev–Trinajstić information content (AvgIpc) is 2.17. The van der Waals surface area contributed by atoms with Crippen LogP contribution in [-0.4, -0.2) is 18.6 Å². The highest BCUT2D eigenvalue weighted by Crippen LogP contribution is 2.25. The summed E-state index contributed by atoms with van der Waals surface area (Å²) < 4.78 is 0. The van der Waals surface area contributed by atoms with Gasteiger partial charge in [-0.15, -0.1) is 0 Å². The number of anilines is 1. The second kappa shape index (κ2) is 4.03. The van der Waals surface area contributed by atoms with Gasteiger partial charge in [0.25, 0.3) is 0 Å². The van der Waals surface area contributed by atoms with Gasteiger partial charge < -0.3 is 10.6 Å². The number of hydrogen-bond acceptors (Lipinski definition) is 2. The smallest absolute Gasteiger partial charge is 0.0407 e. The number of nitrogens with two attached hydrogens (primary N) is 1. The van der Waals surface area contributed by atoms with Crippen LogP contribution >= 0.6 is 11.6 Å². The molecular formula is C12H17ClN2. The molecule has 3 heteroatoms. The standard InChI is InChI=1S/C12H17ClN2/c1-12(14)7-2-8-15(9-12)11-5-3-10(13)4-6-11/h3-6H,2,7-9,14H2,1H3. The number of hydrogen-bond donors (Lipinski definition) is 1. The summed E-state index contributed by atoms with van der Waals surface area (Å²) in [6.45, 7) is 4.14. The van der Waals surface area contributed by atoms with E-state index >= 15 is 0 Å². The summed E-state index contributed by atoms with van der Waals surface area (Å²) in [4.78, 5) is 2.33. The third-order valence-electron chi connectivity index (χ3n) is 2.92. The van der Waals surface area contributed by atoms with Gasteiger partial charge >= 0.3 is 0 Å². The van der Waals surface area contributed by atoms with Gasteiger partial charge in [0.15, 0.2) is 0 Å². The van der Waals surface area contributed by atoms with Crippen LogP contribution in [0.15, 0.2) is 24.3 Å². The van der Waals surface area contributed by atoms with Crippen LogP contribution in [0.3, 0.4) is 0 Å². The zero-order chi connectivity index (χ0) is 10.9. The lowest BCUT2D eigenvalue weighted by molar-refractivity contribution is 0.375. The normalized spacial score (nSPS) is 26.7. The van der Waals surface area contributed by atoms with Crippen molar-refractivity contribution in [2.24, 2.45) is 5.73 Å². The second-order valence-electron chi connectivity index (χ2n) is 4.66. The van der Waals surface area contributed by atoms with Crippen LogP contribution < -0.4 is 10.6 Å². The van der Waals surface area contributed by atoms with E-state index in [1.807, 2.05) is 12.1 Å². The van der Waals surface area contributed by atoms with Crippen molar-refractivity contribution < 1.29 is 0 Å². The fourth-order valence-electron chi connectivity index (χ4n) is 2.14. The molecule has 2 nitrogen and oxygen atoms in total. The van der Waals surface area contributed by atoms with Gasteiger partial charge in [0.2, 0.25) is 0 Å². The lowest BCUT2D eigenvalue weighted by Gasteiger charge is -2.39. The molecule has 0 aliphatic carbocycles. The molecule has 1 fully saturated rings. The number of nitrogens with zero attached hydrogens (tertiary/aromatic N) is 1. The van der Waals surface area contributed by atoms with Crippen molar-refractivity contribution in [3.63, 3.8) is 0 Å². The maximum atomic E-state index is 6.17. The van der Waals surface area contributed by atoms with Crippen molar-refractivity contribution in [3.05, 3.63) is 29.3 Å². The third-order valence-corrected chi connectivity index (χ3v) is 3.17. The van der Waals surface area contributed by atoms with Crippen molar-refractivity contribution in [1.29, 1.82) is 0 Å². The van der Waals surface area contributed by atoms with Crippen LogP contribution in [0.4, 0.5) is 5.69 Å². The topological polar surface area (TPSA) is 29.3 Å². The van der Waals surface area contributed by atoms with Gasteiger partial charge in [0.1, 0.15) is 0 Å². The first kappa shape index (κ1) is 10.8. The van der Waals surface area contributed by atoms with Gasteiger partial charge in [-0.3, -0.25) is 0 Å². The molecule has 0 bridgehead atoms. The minimum absolute atomic E-state index is 0.0577. The monoisotopic (exact) mass is 224 g/mol. The minimum atomic E-state index is -0.0577. The number of piperidine rings is 1. The molecule has 15 heavy (non-hydrogen) atoms. The van der Waals surface area contributed by atoms with E-state index in [0.29, 0.717) is 0 Å². The molecule has 1 aromatic carbocycles. The SMILES string of the molecule is CC1(N)CCCN(c2ccc(Cl)cc2)C1. The van der Waals surface area contributed by atoms with Crippen molar-refractivity contribution in [2.45, 2.75) is 25.3 Å². The van der Waals surface area contributed by atoms with Crippen molar-refractivity contribution >= 4 is 17.3 Å². The summed E-state index contributed by atoms with van der Waals surface area (Å²) in [6, 6.07) is 7.98. The highest BCUT2D eigenvalue weighted by molar-refractivity contribution is 6.30. The number of halogens is 1. The van der Waals surface area contributed by atoms with Crippen LogP contribution in [0.1, 0.15) is 19.8 Å². The van der Waals surface area contributed by atoms with E-state index in [0.717, 1.165) is 31.0 Å². The van der Waals surface area contributed by atoms with Crippen molar-refractivity contribution in [1.82, 2.24) is 0 Å². The molecule has 0 radical (unpaired) electrons. The zero-order valence-corrected chi connectivity index (χ0v) is 9.80. The van der Waals surface area contributed by atoms with E-state index in [2.05, 4.69) is 24.0 Å². The molecule has 1 atom stereocenters. The second-order valence-corrected chi connectivity index (χ2v) is 5.09. The van der Waals surface area contributed by atoms with E-state index in [9.17, 15) is 0 Å². The first-order valence-electron chi connectivity index (χ1n) is 5.36. The molecule has 1 aliphatic heterocycles. The van der Waals surface area contributed by atoms with Gasteiger partial charge in [0.05, 0.1) is 0 Å². The van der Waals surface area contributed by atoms with Gasteiger partial charge in [-0.25, -0.2) is 0 Å². The predicted molar refractivity (Wildman–Crippen MR) is 65.5 cm³/mol. The Morgan fingerprint density at radius 2 is 2.00 bits per heavy atom. The first-order valence-corrected chi connectivity index (χ1v) is 5.74. The van der Waals surface area contributed by atoms with E-state index in [1.165, 1.54) is 5.69 Å². The lowest BCUT2D eigenvalue weighted by atomic mass is 9.92. The van der Waals surface area contributed by atoms with Gasteiger partial charge in [-0.05, 0) is 44.0 Å². The Balaban J connectivity index is 2.13. The van der Waals surface area contributed by atoms with Crippen LogP contribution in [0, 0.1) is 0 Å². The molecule has 0 saturated carbocycles. The fourth-order valence-corrected chi connectivity index (χ4v) is 2.27. The maximum absolute atomic E-state index is 6.17. The molecule has 1 heterocycles. The highest BCUT2D eigenvalue weighted by Gasteiger charge is 2.26. The Bertz CT molecular complexity index is 332. The fraction of sp³-hybridized carbons (Fsp3) is 0.500. The van der Waals surface area contributed by atoms with Crippen LogP contribution in [-0.2, 0) is 0 Å². The van der Waals surface area contributed by atoms with Crippen molar-refractivity contribution in [3.8, 4) is 0 Å². The van der Waals surface area contributed by atoms with Gasteiger partial charge in [-0.2, -0.15) is 0 Å².